The maximum absolute atomic E-state index is 12.0. The first-order valence-electron chi connectivity index (χ1n) is 8.31. The summed E-state index contributed by atoms with van der Waals surface area (Å²) in [6.45, 7) is 2.10. The zero-order valence-electron chi connectivity index (χ0n) is 14.9. The maximum atomic E-state index is 12.0. The quantitative estimate of drug-likeness (QED) is 0.475. The van der Waals surface area contributed by atoms with Crippen molar-refractivity contribution in [3.8, 4) is 5.75 Å². The van der Waals surface area contributed by atoms with Gasteiger partial charge in [-0.2, -0.15) is 0 Å². The van der Waals surface area contributed by atoms with Gasteiger partial charge in [-0.3, -0.25) is 30.6 Å². The van der Waals surface area contributed by atoms with Gasteiger partial charge >= 0.3 is 0 Å². The highest BCUT2D eigenvalue weighted by Crippen LogP contribution is 2.33. The lowest BCUT2D eigenvalue weighted by molar-refractivity contribution is -0.385. The van der Waals surface area contributed by atoms with Crippen LogP contribution in [0.25, 0.3) is 6.08 Å². The van der Waals surface area contributed by atoms with Crippen LogP contribution in [0.15, 0.2) is 42.5 Å². The summed E-state index contributed by atoms with van der Waals surface area (Å²) in [5, 5.41) is 11.1. The molecular weight excluding hydrogens is 366 g/mol. The van der Waals surface area contributed by atoms with Gasteiger partial charge in [0.25, 0.3) is 17.5 Å². The van der Waals surface area contributed by atoms with Gasteiger partial charge in [-0.15, -0.1) is 0 Å². The fourth-order valence-electron chi connectivity index (χ4n) is 2.56. The molecule has 144 valence electrons. The van der Waals surface area contributed by atoms with Crippen molar-refractivity contribution in [1.82, 2.24) is 10.9 Å². The summed E-state index contributed by atoms with van der Waals surface area (Å²) in [5.74, 6) is -0.646. The number of fused-ring (bicyclic) bond motifs is 1. The first kappa shape index (κ1) is 19.1. The van der Waals surface area contributed by atoms with Crippen LogP contribution in [0.1, 0.15) is 27.0 Å². The lowest BCUT2D eigenvalue weighted by Crippen LogP contribution is -2.40. The summed E-state index contributed by atoms with van der Waals surface area (Å²) in [4.78, 5) is 34.5. The third-order valence-corrected chi connectivity index (χ3v) is 3.96. The molecule has 0 saturated carbocycles. The van der Waals surface area contributed by atoms with Crippen molar-refractivity contribution in [2.75, 3.05) is 6.79 Å². The molecule has 0 saturated heterocycles. The molecule has 2 N–H and O–H groups in total. The molecule has 0 atom stereocenters. The summed E-state index contributed by atoms with van der Waals surface area (Å²) in [5.41, 5.74) is 6.72. The number of nitrogens with zero attached hydrogens (tertiary/aromatic N) is 1. The highest BCUT2D eigenvalue weighted by molar-refractivity contribution is 5.98. The average Bonchev–Trinajstić information content (AvgIpc) is 2.70. The number of hydrogen-bond donors (Lipinski definition) is 2. The minimum Gasteiger partial charge on any atom is -0.467 e. The largest absolute Gasteiger partial charge is 0.467 e. The molecule has 2 amide bonds. The molecule has 2 aromatic rings. The van der Waals surface area contributed by atoms with E-state index in [1.165, 1.54) is 18.2 Å². The van der Waals surface area contributed by atoms with E-state index in [9.17, 15) is 19.7 Å². The van der Waals surface area contributed by atoms with Crippen LogP contribution in [0, 0.1) is 17.0 Å². The van der Waals surface area contributed by atoms with Crippen molar-refractivity contribution in [2.45, 2.75) is 13.5 Å². The molecule has 3 rings (SSSR count). The Morgan fingerprint density at radius 1 is 1.18 bits per heavy atom. The number of nitro benzene ring substituents is 1. The van der Waals surface area contributed by atoms with E-state index in [-0.39, 0.29) is 19.1 Å². The van der Waals surface area contributed by atoms with Crippen molar-refractivity contribution in [3.05, 3.63) is 74.8 Å². The number of nitrogens with one attached hydrogen (secondary N) is 2. The second kappa shape index (κ2) is 8.31. The second-order valence-electron chi connectivity index (χ2n) is 6.03. The number of non-ortho nitro benzene ring substituents is 1. The number of nitro groups is 1. The Labute approximate surface area is 160 Å². The number of amides is 2. The van der Waals surface area contributed by atoms with E-state index in [2.05, 4.69) is 10.9 Å². The lowest BCUT2D eigenvalue weighted by atomic mass is 10.1. The Morgan fingerprint density at radius 2 is 1.93 bits per heavy atom. The summed E-state index contributed by atoms with van der Waals surface area (Å²) >= 11 is 0. The molecule has 0 radical (unpaired) electrons. The fraction of sp³-hybridized carbons (Fsp3) is 0.158. The lowest BCUT2D eigenvalue weighted by Gasteiger charge is -2.19. The minimum atomic E-state index is -0.604. The molecule has 0 fully saturated rings. The van der Waals surface area contributed by atoms with Gasteiger partial charge in [0.05, 0.1) is 11.5 Å². The smallest absolute Gasteiger partial charge is 0.270 e. The van der Waals surface area contributed by atoms with Gasteiger partial charge in [-0.1, -0.05) is 17.7 Å². The highest BCUT2D eigenvalue weighted by Gasteiger charge is 2.19. The molecule has 0 aliphatic carbocycles. The standard InChI is InChI=1S/C19H17N3O6/c1-12-2-4-13(5-3-12)19(24)21-20-17(23)7-6-14-8-16(22(25)26)9-15-10-27-11-28-18(14)15/h2-9H,10-11H2,1H3,(H,20,23)(H,21,24)/b7-6+. The molecule has 28 heavy (non-hydrogen) atoms. The molecule has 9 nitrogen and oxygen atoms in total. The van der Waals surface area contributed by atoms with Gasteiger partial charge in [0.2, 0.25) is 0 Å². The van der Waals surface area contributed by atoms with E-state index in [4.69, 9.17) is 9.47 Å². The van der Waals surface area contributed by atoms with E-state index in [1.54, 1.807) is 24.3 Å². The van der Waals surface area contributed by atoms with Crippen LogP contribution in [0.4, 0.5) is 5.69 Å². The predicted molar refractivity (Wildman–Crippen MR) is 99.2 cm³/mol. The van der Waals surface area contributed by atoms with Gasteiger partial charge in [-0.25, -0.2) is 0 Å². The Hall–Kier alpha value is -3.72. The zero-order valence-corrected chi connectivity index (χ0v) is 14.9. The molecular formula is C19H17N3O6. The van der Waals surface area contributed by atoms with Crippen molar-refractivity contribution >= 4 is 23.6 Å². The SMILES string of the molecule is Cc1ccc(C(=O)NNC(=O)/C=C/c2cc([N+](=O)[O-])cc3c2OCOC3)cc1. The van der Waals surface area contributed by atoms with Crippen LogP contribution in [-0.4, -0.2) is 23.5 Å². The van der Waals surface area contributed by atoms with Crippen LogP contribution in [0.2, 0.25) is 0 Å². The molecule has 1 heterocycles. The Morgan fingerprint density at radius 3 is 2.64 bits per heavy atom. The highest BCUT2D eigenvalue weighted by atomic mass is 16.7. The van der Waals surface area contributed by atoms with E-state index >= 15 is 0 Å². The topological polar surface area (TPSA) is 120 Å². The first-order chi connectivity index (χ1) is 13.4. The first-order valence-corrected chi connectivity index (χ1v) is 8.31. The molecule has 0 bridgehead atoms. The summed E-state index contributed by atoms with van der Waals surface area (Å²) in [7, 11) is 0. The number of ether oxygens (including phenoxy) is 2. The molecule has 2 aromatic carbocycles. The third kappa shape index (κ3) is 4.51. The van der Waals surface area contributed by atoms with Gasteiger partial charge < -0.3 is 9.47 Å². The Bertz CT molecular complexity index is 953. The molecule has 9 heteroatoms. The Balaban J connectivity index is 1.68. The number of aryl methyl sites for hydroxylation is 1. The third-order valence-electron chi connectivity index (χ3n) is 3.96. The number of hydrazine groups is 1. The molecule has 0 spiro atoms. The maximum Gasteiger partial charge on any atom is 0.270 e. The van der Waals surface area contributed by atoms with Crippen LogP contribution < -0.4 is 15.6 Å². The van der Waals surface area contributed by atoms with Crippen LogP contribution in [0.3, 0.4) is 0 Å². The predicted octanol–water partition coefficient (Wildman–Crippen LogP) is 2.24. The van der Waals surface area contributed by atoms with Gasteiger partial charge in [0.1, 0.15) is 5.75 Å². The van der Waals surface area contributed by atoms with Crippen LogP contribution in [-0.2, 0) is 16.1 Å². The molecule has 1 aliphatic rings. The van der Waals surface area contributed by atoms with Crippen molar-refractivity contribution in [1.29, 1.82) is 0 Å². The number of rotatable bonds is 4. The molecule has 0 unspecified atom stereocenters. The molecule has 1 aliphatic heterocycles. The van der Waals surface area contributed by atoms with Crippen LogP contribution >= 0.6 is 0 Å². The minimum absolute atomic E-state index is 0.0183. The average molecular weight is 383 g/mol. The zero-order chi connectivity index (χ0) is 20.1. The molecule has 0 aromatic heterocycles. The van der Waals surface area contributed by atoms with Crippen molar-refractivity contribution in [2.24, 2.45) is 0 Å². The number of carbonyl (C=O) groups is 2. The van der Waals surface area contributed by atoms with E-state index in [0.717, 1.165) is 11.6 Å². The van der Waals surface area contributed by atoms with E-state index < -0.39 is 16.7 Å². The normalized spacial score (nSPS) is 12.8. The number of carbonyl (C=O) groups excluding carboxylic acids is 2. The van der Waals surface area contributed by atoms with Gasteiger partial charge in [0.15, 0.2) is 6.79 Å². The van der Waals surface area contributed by atoms with Gasteiger partial charge in [-0.05, 0) is 25.1 Å². The number of hydrogen-bond acceptors (Lipinski definition) is 6. The van der Waals surface area contributed by atoms with E-state index in [0.29, 0.717) is 22.4 Å². The monoisotopic (exact) mass is 383 g/mol. The second-order valence-corrected chi connectivity index (χ2v) is 6.03. The summed E-state index contributed by atoms with van der Waals surface area (Å²) in [6.07, 6.45) is 2.53. The fourth-order valence-corrected chi connectivity index (χ4v) is 2.56. The van der Waals surface area contributed by atoms with Crippen LogP contribution in [0.5, 0.6) is 5.75 Å². The van der Waals surface area contributed by atoms with Crippen molar-refractivity contribution < 1.29 is 24.0 Å². The van der Waals surface area contributed by atoms with E-state index in [1.807, 2.05) is 6.92 Å². The summed E-state index contributed by atoms with van der Waals surface area (Å²) in [6, 6.07) is 9.52. The number of benzene rings is 2. The Kier molecular flexibility index (Phi) is 5.66. The van der Waals surface area contributed by atoms with Gasteiger partial charge in [0, 0.05) is 34.9 Å². The summed E-state index contributed by atoms with van der Waals surface area (Å²) < 4.78 is 10.5. The van der Waals surface area contributed by atoms with Crippen molar-refractivity contribution in [3.63, 3.8) is 0 Å².